The summed E-state index contributed by atoms with van der Waals surface area (Å²) in [6.45, 7) is 4.79. The molecule has 1 aliphatic carbocycles. The van der Waals surface area contributed by atoms with Crippen molar-refractivity contribution in [3.8, 4) is 0 Å². The average molecular weight is 201 g/mol. The molecule has 0 aromatic rings. The molecule has 0 aromatic carbocycles. The van der Waals surface area contributed by atoms with Gasteiger partial charge in [-0.2, -0.15) is 0 Å². The van der Waals surface area contributed by atoms with Crippen molar-refractivity contribution >= 4 is 0 Å². The van der Waals surface area contributed by atoms with Gasteiger partial charge in [0.1, 0.15) is 0 Å². The maximum Gasteiger partial charge on any atom is 0.0636 e. The molecule has 3 nitrogen and oxygen atoms in total. The topological polar surface area (TPSA) is 52.5 Å². The third kappa shape index (κ3) is 3.23. The zero-order chi connectivity index (χ0) is 10.6. The van der Waals surface area contributed by atoms with Gasteiger partial charge in [0.2, 0.25) is 0 Å². The number of aliphatic hydroxyl groups excluding tert-OH is 2. The Balaban J connectivity index is 2.41. The molecule has 1 rings (SSSR count). The molecule has 1 saturated carbocycles. The molecule has 0 spiro atoms. The SMILES string of the molecule is CC(O)CNC1(CO)CCC(C)CC1. The highest BCUT2D eigenvalue weighted by atomic mass is 16.3. The van der Waals surface area contributed by atoms with Gasteiger partial charge in [-0.25, -0.2) is 0 Å². The van der Waals surface area contributed by atoms with Crippen LogP contribution in [0.5, 0.6) is 0 Å². The third-order valence-corrected chi connectivity index (χ3v) is 3.31. The van der Waals surface area contributed by atoms with Crippen LogP contribution in [-0.4, -0.2) is 35.0 Å². The van der Waals surface area contributed by atoms with E-state index in [-0.39, 0.29) is 18.2 Å². The maximum absolute atomic E-state index is 9.40. The molecule has 0 radical (unpaired) electrons. The van der Waals surface area contributed by atoms with Crippen LogP contribution in [0, 0.1) is 5.92 Å². The number of nitrogens with one attached hydrogen (secondary N) is 1. The van der Waals surface area contributed by atoms with Crippen LogP contribution in [0.25, 0.3) is 0 Å². The minimum atomic E-state index is -0.335. The number of hydrogen-bond acceptors (Lipinski definition) is 3. The fourth-order valence-corrected chi connectivity index (χ4v) is 2.07. The number of hydrogen-bond donors (Lipinski definition) is 3. The van der Waals surface area contributed by atoms with Crippen molar-refractivity contribution in [1.29, 1.82) is 0 Å². The van der Waals surface area contributed by atoms with Crippen molar-refractivity contribution in [1.82, 2.24) is 5.32 Å². The molecule has 0 aromatic heterocycles. The molecule has 0 aliphatic heterocycles. The summed E-state index contributed by atoms with van der Waals surface area (Å²) in [5, 5.41) is 21.9. The molecule has 14 heavy (non-hydrogen) atoms. The van der Waals surface area contributed by atoms with Crippen molar-refractivity contribution < 1.29 is 10.2 Å². The lowest BCUT2D eigenvalue weighted by Crippen LogP contribution is -2.52. The first kappa shape index (κ1) is 12.0. The monoisotopic (exact) mass is 201 g/mol. The highest BCUT2D eigenvalue weighted by molar-refractivity contribution is 4.92. The van der Waals surface area contributed by atoms with E-state index in [1.54, 1.807) is 6.92 Å². The second-order valence-corrected chi connectivity index (χ2v) is 4.85. The fraction of sp³-hybridized carbons (Fsp3) is 1.00. The van der Waals surface area contributed by atoms with Gasteiger partial charge in [0.25, 0.3) is 0 Å². The average Bonchev–Trinajstić information content (AvgIpc) is 2.18. The Labute approximate surface area is 86.5 Å². The van der Waals surface area contributed by atoms with Crippen LogP contribution >= 0.6 is 0 Å². The lowest BCUT2D eigenvalue weighted by molar-refractivity contribution is 0.0877. The summed E-state index contributed by atoms with van der Waals surface area (Å²) in [6.07, 6.45) is 4.06. The molecule has 0 bridgehead atoms. The van der Waals surface area contributed by atoms with Crippen molar-refractivity contribution in [2.45, 2.75) is 51.2 Å². The van der Waals surface area contributed by atoms with Crippen LogP contribution < -0.4 is 5.32 Å². The van der Waals surface area contributed by atoms with Crippen LogP contribution in [0.2, 0.25) is 0 Å². The van der Waals surface area contributed by atoms with Crippen molar-refractivity contribution in [3.05, 3.63) is 0 Å². The highest BCUT2D eigenvalue weighted by Crippen LogP contribution is 2.31. The van der Waals surface area contributed by atoms with Crippen LogP contribution in [0.15, 0.2) is 0 Å². The quantitative estimate of drug-likeness (QED) is 0.633. The molecule has 1 unspecified atom stereocenters. The van der Waals surface area contributed by atoms with Crippen LogP contribution in [-0.2, 0) is 0 Å². The van der Waals surface area contributed by atoms with Gasteiger partial charge in [-0.3, -0.25) is 0 Å². The Kier molecular flexibility index (Phi) is 4.35. The second kappa shape index (κ2) is 5.10. The zero-order valence-corrected chi connectivity index (χ0v) is 9.29. The Morgan fingerprint density at radius 1 is 1.43 bits per heavy atom. The first-order chi connectivity index (χ1) is 6.58. The minimum absolute atomic E-state index is 0.122. The van der Waals surface area contributed by atoms with E-state index in [1.165, 1.54) is 12.8 Å². The van der Waals surface area contributed by atoms with Gasteiger partial charge in [0.15, 0.2) is 0 Å². The lowest BCUT2D eigenvalue weighted by Gasteiger charge is -2.39. The molecule has 1 atom stereocenters. The van der Waals surface area contributed by atoms with Gasteiger partial charge in [0.05, 0.1) is 12.7 Å². The molecule has 1 fully saturated rings. The van der Waals surface area contributed by atoms with E-state index in [0.717, 1.165) is 18.8 Å². The summed E-state index contributed by atoms with van der Waals surface area (Å²) in [4.78, 5) is 0. The largest absolute Gasteiger partial charge is 0.394 e. The molecule has 84 valence electrons. The van der Waals surface area contributed by atoms with E-state index >= 15 is 0 Å². The second-order valence-electron chi connectivity index (χ2n) is 4.85. The first-order valence-corrected chi connectivity index (χ1v) is 5.62. The lowest BCUT2D eigenvalue weighted by atomic mass is 9.77. The minimum Gasteiger partial charge on any atom is -0.394 e. The molecule has 0 amide bonds. The van der Waals surface area contributed by atoms with Gasteiger partial charge >= 0.3 is 0 Å². The molecule has 3 heteroatoms. The third-order valence-electron chi connectivity index (χ3n) is 3.31. The summed E-state index contributed by atoms with van der Waals surface area (Å²) >= 11 is 0. The standard InChI is InChI=1S/C11H23NO2/c1-9-3-5-11(8-13,6-4-9)12-7-10(2)14/h9-10,12-14H,3-8H2,1-2H3. The van der Waals surface area contributed by atoms with Crippen LogP contribution in [0.4, 0.5) is 0 Å². The normalized spacial score (nSPS) is 35.6. The summed E-state index contributed by atoms with van der Waals surface area (Å²) in [7, 11) is 0. The van der Waals surface area contributed by atoms with Crippen LogP contribution in [0.3, 0.4) is 0 Å². The Morgan fingerprint density at radius 3 is 2.43 bits per heavy atom. The molecular weight excluding hydrogens is 178 g/mol. The van der Waals surface area contributed by atoms with Crippen LogP contribution in [0.1, 0.15) is 39.5 Å². The van der Waals surface area contributed by atoms with Gasteiger partial charge in [-0.05, 0) is 38.5 Å². The fourth-order valence-electron chi connectivity index (χ4n) is 2.07. The summed E-state index contributed by atoms with van der Waals surface area (Å²) in [5.74, 6) is 0.781. The number of β-amino-alcohol motifs (C(OH)–C–C–N with tert-alkyl or cyclic N) is 1. The molecule has 0 heterocycles. The summed E-state index contributed by atoms with van der Waals surface area (Å²) in [6, 6.07) is 0. The molecule has 0 saturated heterocycles. The Hall–Kier alpha value is -0.120. The summed E-state index contributed by atoms with van der Waals surface area (Å²) in [5.41, 5.74) is -0.122. The smallest absolute Gasteiger partial charge is 0.0636 e. The van der Waals surface area contributed by atoms with Gasteiger partial charge in [-0.1, -0.05) is 6.92 Å². The molecule has 3 N–H and O–H groups in total. The predicted molar refractivity (Wildman–Crippen MR) is 57.1 cm³/mol. The maximum atomic E-state index is 9.40. The van der Waals surface area contributed by atoms with Crippen molar-refractivity contribution in [2.24, 2.45) is 5.92 Å². The van der Waals surface area contributed by atoms with Gasteiger partial charge in [0, 0.05) is 12.1 Å². The van der Waals surface area contributed by atoms with E-state index in [9.17, 15) is 10.2 Å². The predicted octanol–water partition coefficient (Wildman–Crippen LogP) is 0.898. The van der Waals surface area contributed by atoms with Gasteiger partial charge < -0.3 is 15.5 Å². The highest BCUT2D eigenvalue weighted by Gasteiger charge is 2.33. The summed E-state index contributed by atoms with van der Waals surface area (Å²) < 4.78 is 0. The van der Waals surface area contributed by atoms with E-state index in [4.69, 9.17) is 0 Å². The number of aliphatic hydroxyl groups is 2. The molecule has 1 aliphatic rings. The van der Waals surface area contributed by atoms with E-state index in [2.05, 4.69) is 12.2 Å². The van der Waals surface area contributed by atoms with E-state index < -0.39 is 0 Å². The van der Waals surface area contributed by atoms with E-state index in [0.29, 0.717) is 6.54 Å². The van der Waals surface area contributed by atoms with Crippen molar-refractivity contribution in [3.63, 3.8) is 0 Å². The first-order valence-electron chi connectivity index (χ1n) is 5.62. The van der Waals surface area contributed by atoms with E-state index in [1.807, 2.05) is 0 Å². The zero-order valence-electron chi connectivity index (χ0n) is 9.29. The molecular formula is C11H23NO2. The Bertz CT molecular complexity index is 163. The van der Waals surface area contributed by atoms with Gasteiger partial charge in [-0.15, -0.1) is 0 Å². The van der Waals surface area contributed by atoms with Crippen molar-refractivity contribution in [2.75, 3.05) is 13.2 Å². The number of rotatable bonds is 4. The Morgan fingerprint density at radius 2 is 2.00 bits per heavy atom.